The summed E-state index contributed by atoms with van der Waals surface area (Å²) in [5.74, 6) is -1.59. The van der Waals surface area contributed by atoms with Gasteiger partial charge < -0.3 is 21.1 Å². The summed E-state index contributed by atoms with van der Waals surface area (Å²) in [6.45, 7) is 2.84. The van der Waals surface area contributed by atoms with Crippen molar-refractivity contribution in [1.82, 2.24) is 5.32 Å². The van der Waals surface area contributed by atoms with Crippen molar-refractivity contribution in [2.45, 2.75) is 19.4 Å². The first kappa shape index (κ1) is 24.1. The average Bonchev–Trinajstić information content (AvgIpc) is 2.76. The molecule has 0 saturated heterocycles. The molecule has 0 unspecified atom stereocenters. The summed E-state index contributed by atoms with van der Waals surface area (Å²) in [6, 6.07) is 18.2. The SMILES string of the molecule is CC(C)(NC(=O)c1ccc(-c2ccc(NC(=O)Nc3ccc(Cl)cc3Cl)cc2)cc1)C(=O)O. The molecule has 170 valence electrons. The zero-order valence-electron chi connectivity index (χ0n) is 17.8. The number of carbonyl (C=O) groups excluding carboxylic acids is 2. The lowest BCUT2D eigenvalue weighted by Gasteiger charge is -2.21. The number of amides is 3. The van der Waals surface area contributed by atoms with Gasteiger partial charge in [0, 0.05) is 16.3 Å². The fourth-order valence-corrected chi connectivity index (χ4v) is 3.30. The summed E-state index contributed by atoms with van der Waals surface area (Å²) >= 11 is 11.9. The van der Waals surface area contributed by atoms with Gasteiger partial charge >= 0.3 is 12.0 Å². The van der Waals surface area contributed by atoms with Crippen LogP contribution < -0.4 is 16.0 Å². The van der Waals surface area contributed by atoms with E-state index in [-0.39, 0.29) is 0 Å². The van der Waals surface area contributed by atoms with Crippen LogP contribution in [0.2, 0.25) is 10.0 Å². The topological polar surface area (TPSA) is 108 Å². The van der Waals surface area contributed by atoms with E-state index in [2.05, 4.69) is 16.0 Å². The maximum absolute atomic E-state index is 12.3. The highest BCUT2D eigenvalue weighted by Gasteiger charge is 2.29. The fourth-order valence-electron chi connectivity index (χ4n) is 2.85. The molecule has 3 amide bonds. The van der Waals surface area contributed by atoms with Crippen molar-refractivity contribution >= 4 is 52.5 Å². The molecule has 0 heterocycles. The van der Waals surface area contributed by atoms with E-state index in [9.17, 15) is 14.4 Å². The lowest BCUT2D eigenvalue weighted by molar-refractivity contribution is -0.143. The second kappa shape index (κ2) is 9.94. The number of benzene rings is 3. The van der Waals surface area contributed by atoms with E-state index < -0.39 is 23.4 Å². The van der Waals surface area contributed by atoms with Crippen LogP contribution in [0.15, 0.2) is 66.7 Å². The molecule has 0 aromatic heterocycles. The Morgan fingerprint density at radius 2 is 1.39 bits per heavy atom. The van der Waals surface area contributed by atoms with E-state index in [0.717, 1.165) is 11.1 Å². The van der Waals surface area contributed by atoms with Gasteiger partial charge in [-0.15, -0.1) is 0 Å². The van der Waals surface area contributed by atoms with Gasteiger partial charge in [-0.1, -0.05) is 47.5 Å². The van der Waals surface area contributed by atoms with Crippen LogP contribution in [0.1, 0.15) is 24.2 Å². The second-order valence-corrected chi connectivity index (χ2v) is 8.59. The monoisotopic (exact) mass is 485 g/mol. The summed E-state index contributed by atoms with van der Waals surface area (Å²) in [4.78, 5) is 35.7. The molecule has 0 spiro atoms. The van der Waals surface area contributed by atoms with Gasteiger partial charge in [-0.3, -0.25) is 4.79 Å². The molecule has 0 saturated carbocycles. The Bertz CT molecular complexity index is 1190. The van der Waals surface area contributed by atoms with Gasteiger partial charge in [0.2, 0.25) is 0 Å². The van der Waals surface area contributed by atoms with Gasteiger partial charge in [0.05, 0.1) is 10.7 Å². The normalized spacial score (nSPS) is 10.9. The molecule has 0 bridgehead atoms. The molecule has 0 atom stereocenters. The maximum Gasteiger partial charge on any atom is 0.328 e. The molecule has 3 aromatic carbocycles. The van der Waals surface area contributed by atoms with Crippen LogP contribution in [-0.4, -0.2) is 28.6 Å². The van der Waals surface area contributed by atoms with Gasteiger partial charge in [0.15, 0.2) is 0 Å². The molecule has 0 radical (unpaired) electrons. The predicted molar refractivity (Wildman–Crippen MR) is 130 cm³/mol. The Balaban J connectivity index is 1.63. The number of hydrogen-bond acceptors (Lipinski definition) is 3. The highest BCUT2D eigenvalue weighted by atomic mass is 35.5. The van der Waals surface area contributed by atoms with Crippen LogP contribution in [0.25, 0.3) is 11.1 Å². The Kier molecular flexibility index (Phi) is 7.26. The summed E-state index contributed by atoms with van der Waals surface area (Å²) in [7, 11) is 0. The van der Waals surface area contributed by atoms with E-state index in [0.29, 0.717) is 27.0 Å². The molecule has 33 heavy (non-hydrogen) atoms. The van der Waals surface area contributed by atoms with Crippen LogP contribution in [0.4, 0.5) is 16.2 Å². The van der Waals surface area contributed by atoms with Crippen LogP contribution >= 0.6 is 23.2 Å². The van der Waals surface area contributed by atoms with E-state index in [1.807, 2.05) is 12.1 Å². The number of aliphatic carboxylic acids is 1. The van der Waals surface area contributed by atoms with Crippen LogP contribution in [0.5, 0.6) is 0 Å². The molecule has 0 aliphatic heterocycles. The minimum absolute atomic E-state index is 0.330. The summed E-state index contributed by atoms with van der Waals surface area (Å²) in [5, 5.41) is 17.8. The maximum atomic E-state index is 12.3. The van der Waals surface area contributed by atoms with Gasteiger partial charge in [0.1, 0.15) is 5.54 Å². The van der Waals surface area contributed by atoms with Crippen molar-refractivity contribution in [3.63, 3.8) is 0 Å². The van der Waals surface area contributed by atoms with Gasteiger partial charge in [-0.2, -0.15) is 0 Å². The predicted octanol–water partition coefficient (Wildman–Crippen LogP) is 5.90. The number of carboxylic acid groups (broad SMARTS) is 1. The number of halogens is 2. The first-order valence-corrected chi connectivity index (χ1v) is 10.6. The standard InChI is InChI=1S/C24H21Cl2N3O4/c1-24(2,22(31)32)29-21(30)16-5-3-14(4-6-16)15-7-10-18(11-8-15)27-23(33)28-20-12-9-17(25)13-19(20)26/h3-13H,1-2H3,(H,29,30)(H,31,32)(H2,27,28,33). The number of nitrogens with one attached hydrogen (secondary N) is 3. The lowest BCUT2D eigenvalue weighted by atomic mass is 10.0. The Morgan fingerprint density at radius 3 is 1.94 bits per heavy atom. The third-order valence-corrected chi connectivity index (χ3v) is 5.31. The van der Waals surface area contributed by atoms with Crippen LogP contribution in [-0.2, 0) is 4.79 Å². The number of carbonyl (C=O) groups is 3. The second-order valence-electron chi connectivity index (χ2n) is 7.74. The zero-order chi connectivity index (χ0) is 24.2. The van der Waals surface area contributed by atoms with Crippen molar-refractivity contribution < 1.29 is 19.5 Å². The largest absolute Gasteiger partial charge is 0.480 e. The van der Waals surface area contributed by atoms with E-state index in [1.54, 1.807) is 48.5 Å². The summed E-state index contributed by atoms with van der Waals surface area (Å²) in [6.07, 6.45) is 0. The number of hydrogen-bond donors (Lipinski definition) is 4. The summed E-state index contributed by atoms with van der Waals surface area (Å²) in [5.41, 5.74) is 1.72. The molecule has 7 nitrogen and oxygen atoms in total. The molecule has 3 rings (SSSR count). The first-order chi connectivity index (χ1) is 15.5. The minimum Gasteiger partial charge on any atom is -0.480 e. The molecular formula is C24H21Cl2N3O4. The number of carboxylic acids is 1. The van der Waals surface area contributed by atoms with E-state index in [1.165, 1.54) is 19.9 Å². The molecule has 9 heteroatoms. The molecule has 0 aliphatic rings. The number of urea groups is 1. The Morgan fingerprint density at radius 1 is 0.818 bits per heavy atom. The van der Waals surface area contributed by atoms with E-state index in [4.69, 9.17) is 28.3 Å². The zero-order valence-corrected chi connectivity index (χ0v) is 19.3. The fraction of sp³-hybridized carbons (Fsp3) is 0.125. The Labute approximate surface area is 200 Å². The quantitative estimate of drug-likeness (QED) is 0.348. The minimum atomic E-state index is -1.37. The number of rotatable bonds is 6. The van der Waals surface area contributed by atoms with Crippen molar-refractivity contribution in [2.24, 2.45) is 0 Å². The first-order valence-electron chi connectivity index (χ1n) is 9.84. The van der Waals surface area contributed by atoms with Crippen molar-refractivity contribution in [1.29, 1.82) is 0 Å². The number of anilines is 2. The van der Waals surface area contributed by atoms with Crippen molar-refractivity contribution in [3.8, 4) is 11.1 Å². The third-order valence-electron chi connectivity index (χ3n) is 4.76. The highest BCUT2D eigenvalue weighted by Crippen LogP contribution is 2.26. The average molecular weight is 486 g/mol. The molecular weight excluding hydrogens is 465 g/mol. The van der Waals surface area contributed by atoms with Crippen molar-refractivity contribution in [3.05, 3.63) is 82.3 Å². The van der Waals surface area contributed by atoms with Gasteiger partial charge in [0.25, 0.3) is 5.91 Å². The van der Waals surface area contributed by atoms with E-state index >= 15 is 0 Å². The van der Waals surface area contributed by atoms with Gasteiger partial charge in [-0.05, 0) is 67.4 Å². The molecule has 0 fully saturated rings. The third kappa shape index (κ3) is 6.25. The highest BCUT2D eigenvalue weighted by molar-refractivity contribution is 6.36. The molecule has 3 aromatic rings. The van der Waals surface area contributed by atoms with Crippen LogP contribution in [0.3, 0.4) is 0 Å². The summed E-state index contributed by atoms with van der Waals surface area (Å²) < 4.78 is 0. The smallest absolute Gasteiger partial charge is 0.328 e. The Hall–Kier alpha value is -3.55. The molecule has 4 N–H and O–H groups in total. The lowest BCUT2D eigenvalue weighted by Crippen LogP contribution is -2.49. The van der Waals surface area contributed by atoms with Crippen LogP contribution in [0, 0.1) is 0 Å². The van der Waals surface area contributed by atoms with Crippen molar-refractivity contribution in [2.75, 3.05) is 10.6 Å². The molecule has 0 aliphatic carbocycles. The van der Waals surface area contributed by atoms with Gasteiger partial charge in [-0.25, -0.2) is 9.59 Å².